The number of rotatable bonds is 4. The van der Waals surface area contributed by atoms with Crippen molar-refractivity contribution in [2.24, 2.45) is 13.0 Å². The van der Waals surface area contributed by atoms with Gasteiger partial charge in [-0.05, 0) is 45.8 Å². The van der Waals surface area contributed by atoms with Crippen molar-refractivity contribution >= 4 is 5.91 Å². The molecule has 4 heterocycles. The molecule has 1 amide bonds. The van der Waals surface area contributed by atoms with Gasteiger partial charge < -0.3 is 14.5 Å². The van der Waals surface area contributed by atoms with Gasteiger partial charge in [-0.2, -0.15) is 5.10 Å². The number of carbonyl (C=O) groups is 1. The van der Waals surface area contributed by atoms with E-state index in [-0.39, 0.29) is 17.9 Å². The Morgan fingerprint density at radius 2 is 1.93 bits per heavy atom. The van der Waals surface area contributed by atoms with Crippen LogP contribution in [0, 0.1) is 5.92 Å². The average molecular weight is 398 g/mol. The number of hydrogen-bond donors (Lipinski definition) is 0. The lowest BCUT2D eigenvalue weighted by molar-refractivity contribution is -0.145. The second-order valence-corrected chi connectivity index (χ2v) is 8.42. The highest BCUT2D eigenvalue weighted by Gasteiger charge is 2.33. The van der Waals surface area contributed by atoms with Gasteiger partial charge in [-0.1, -0.05) is 6.07 Å². The number of piperidine rings is 1. The lowest BCUT2D eigenvalue weighted by Gasteiger charge is -2.38. The maximum atomic E-state index is 13.1. The topological polar surface area (TPSA) is 63.5 Å². The molecule has 1 atom stereocenters. The van der Waals surface area contributed by atoms with Crippen molar-refractivity contribution in [2.45, 2.75) is 38.8 Å². The van der Waals surface area contributed by atoms with Crippen molar-refractivity contribution in [1.29, 1.82) is 0 Å². The largest absolute Gasteiger partial charge is 0.368 e. The molecular weight excluding hydrogens is 366 g/mol. The number of pyridine rings is 1. The van der Waals surface area contributed by atoms with Gasteiger partial charge in [0.1, 0.15) is 6.10 Å². The number of aromatic nitrogens is 3. The molecule has 29 heavy (non-hydrogen) atoms. The summed E-state index contributed by atoms with van der Waals surface area (Å²) in [4.78, 5) is 22.1. The molecule has 7 heteroatoms. The van der Waals surface area contributed by atoms with E-state index in [0.717, 1.165) is 42.8 Å². The quantitative estimate of drug-likeness (QED) is 0.793. The van der Waals surface area contributed by atoms with E-state index in [1.54, 1.807) is 4.68 Å². The molecule has 2 aliphatic rings. The number of morpholine rings is 1. The van der Waals surface area contributed by atoms with E-state index in [2.05, 4.69) is 28.8 Å². The molecular formula is C22H31N5O2. The van der Waals surface area contributed by atoms with Gasteiger partial charge in [0, 0.05) is 49.1 Å². The molecule has 0 aromatic carbocycles. The van der Waals surface area contributed by atoms with Crippen molar-refractivity contribution in [3.8, 4) is 11.1 Å². The zero-order valence-corrected chi connectivity index (χ0v) is 17.6. The van der Waals surface area contributed by atoms with Gasteiger partial charge in [-0.15, -0.1) is 0 Å². The third kappa shape index (κ3) is 4.51. The predicted molar refractivity (Wildman–Crippen MR) is 111 cm³/mol. The van der Waals surface area contributed by atoms with Gasteiger partial charge in [0.15, 0.2) is 0 Å². The first-order valence-corrected chi connectivity index (χ1v) is 10.6. The second kappa shape index (κ2) is 8.63. The van der Waals surface area contributed by atoms with Gasteiger partial charge in [0.2, 0.25) is 5.91 Å². The highest BCUT2D eigenvalue weighted by molar-refractivity contribution is 5.79. The number of hydrogen-bond acceptors (Lipinski definition) is 5. The normalized spacial score (nSPS) is 21.7. The van der Waals surface area contributed by atoms with Crippen molar-refractivity contribution in [2.75, 3.05) is 32.8 Å². The summed E-state index contributed by atoms with van der Waals surface area (Å²) < 4.78 is 7.73. The van der Waals surface area contributed by atoms with E-state index in [0.29, 0.717) is 25.7 Å². The van der Waals surface area contributed by atoms with Crippen LogP contribution >= 0.6 is 0 Å². The van der Waals surface area contributed by atoms with Crippen LogP contribution in [0.5, 0.6) is 0 Å². The smallest absolute Gasteiger partial charge is 0.225 e. The van der Waals surface area contributed by atoms with Crippen LogP contribution in [0.25, 0.3) is 11.1 Å². The molecule has 2 aliphatic heterocycles. The molecule has 1 unspecified atom stereocenters. The van der Waals surface area contributed by atoms with Crippen LogP contribution < -0.4 is 0 Å². The summed E-state index contributed by atoms with van der Waals surface area (Å²) in [6.45, 7) is 8.30. The first kappa shape index (κ1) is 20.0. The van der Waals surface area contributed by atoms with Crippen LogP contribution in [0.3, 0.4) is 0 Å². The third-order valence-corrected chi connectivity index (χ3v) is 6.14. The van der Waals surface area contributed by atoms with Gasteiger partial charge in [-0.3, -0.25) is 14.5 Å². The zero-order valence-electron chi connectivity index (χ0n) is 17.6. The Morgan fingerprint density at radius 3 is 2.55 bits per heavy atom. The molecule has 2 aromatic heterocycles. The zero-order chi connectivity index (χ0) is 20.4. The summed E-state index contributed by atoms with van der Waals surface area (Å²) >= 11 is 0. The fourth-order valence-corrected chi connectivity index (χ4v) is 4.29. The van der Waals surface area contributed by atoms with E-state index in [1.807, 2.05) is 42.7 Å². The van der Waals surface area contributed by atoms with E-state index < -0.39 is 0 Å². The van der Waals surface area contributed by atoms with Crippen LogP contribution in [0.2, 0.25) is 0 Å². The molecule has 2 fully saturated rings. The summed E-state index contributed by atoms with van der Waals surface area (Å²) in [5.41, 5.74) is 2.95. The Morgan fingerprint density at radius 1 is 1.14 bits per heavy atom. The molecule has 0 spiro atoms. The predicted octanol–water partition coefficient (Wildman–Crippen LogP) is 2.50. The Labute approximate surface area is 172 Å². The van der Waals surface area contributed by atoms with Crippen LogP contribution in [-0.2, 0) is 16.6 Å². The van der Waals surface area contributed by atoms with Crippen molar-refractivity contribution < 1.29 is 9.53 Å². The van der Waals surface area contributed by atoms with Crippen LogP contribution in [-0.4, -0.2) is 69.3 Å². The summed E-state index contributed by atoms with van der Waals surface area (Å²) in [6, 6.07) is 4.60. The molecule has 2 aromatic rings. The van der Waals surface area contributed by atoms with E-state index in [4.69, 9.17) is 4.74 Å². The number of ether oxygens (including phenoxy) is 1. The minimum Gasteiger partial charge on any atom is -0.368 e. The third-order valence-electron chi connectivity index (χ3n) is 6.14. The van der Waals surface area contributed by atoms with E-state index in [1.165, 1.54) is 0 Å². The minimum absolute atomic E-state index is 0.143. The number of likely N-dealkylation sites (tertiary alicyclic amines) is 1. The fraction of sp³-hybridized carbons (Fsp3) is 0.591. The summed E-state index contributed by atoms with van der Waals surface area (Å²) in [5, 5.41) is 4.21. The van der Waals surface area contributed by atoms with Crippen LogP contribution in [0.4, 0.5) is 0 Å². The fourth-order valence-electron chi connectivity index (χ4n) is 4.29. The molecule has 2 saturated heterocycles. The van der Waals surface area contributed by atoms with Gasteiger partial charge in [0.05, 0.1) is 25.0 Å². The highest BCUT2D eigenvalue weighted by Crippen LogP contribution is 2.27. The molecule has 0 N–H and O–H groups in total. The second-order valence-electron chi connectivity index (χ2n) is 8.42. The number of carbonyl (C=O) groups excluding carboxylic acids is 1. The molecule has 7 nitrogen and oxygen atoms in total. The lowest BCUT2D eigenvalue weighted by atomic mass is 9.94. The molecule has 0 aliphatic carbocycles. The standard InChI is InChI=1S/C22H31N5O2/c1-16(2)26-8-6-17(7-9-26)22(28)27-10-11-29-21(15-27)20-5-4-18(12-23-20)19-13-24-25(3)14-19/h4-5,12-14,16-17,21H,6-11,15H2,1-3H3. The molecule has 4 rings (SSSR count). The van der Waals surface area contributed by atoms with Gasteiger partial charge in [0.25, 0.3) is 0 Å². The van der Waals surface area contributed by atoms with Crippen molar-refractivity contribution in [1.82, 2.24) is 24.6 Å². The van der Waals surface area contributed by atoms with Crippen LogP contribution in [0.15, 0.2) is 30.7 Å². The number of nitrogens with zero attached hydrogens (tertiary/aromatic N) is 5. The monoisotopic (exact) mass is 397 g/mol. The Hall–Kier alpha value is -2.25. The average Bonchev–Trinajstić information content (AvgIpc) is 3.20. The summed E-state index contributed by atoms with van der Waals surface area (Å²) in [5.74, 6) is 0.429. The Bertz CT molecular complexity index is 824. The van der Waals surface area contributed by atoms with Gasteiger partial charge in [-0.25, -0.2) is 0 Å². The van der Waals surface area contributed by atoms with Crippen LogP contribution in [0.1, 0.15) is 38.5 Å². The first-order chi connectivity index (χ1) is 14.0. The lowest BCUT2D eigenvalue weighted by Crippen LogP contribution is -2.48. The summed E-state index contributed by atoms with van der Waals surface area (Å²) in [6.07, 6.45) is 7.41. The molecule has 0 radical (unpaired) electrons. The molecule has 0 saturated carbocycles. The van der Waals surface area contributed by atoms with Gasteiger partial charge >= 0.3 is 0 Å². The SMILES string of the molecule is CC(C)N1CCC(C(=O)N2CCOC(c3ccc(-c4cnn(C)c4)cn3)C2)CC1. The minimum atomic E-state index is -0.161. The van der Waals surface area contributed by atoms with E-state index in [9.17, 15) is 4.79 Å². The Balaban J connectivity index is 1.37. The molecule has 156 valence electrons. The van der Waals surface area contributed by atoms with Crippen molar-refractivity contribution in [3.63, 3.8) is 0 Å². The maximum absolute atomic E-state index is 13.1. The first-order valence-electron chi connectivity index (χ1n) is 10.6. The highest BCUT2D eigenvalue weighted by atomic mass is 16.5. The summed E-state index contributed by atoms with van der Waals surface area (Å²) in [7, 11) is 1.90. The maximum Gasteiger partial charge on any atom is 0.225 e. The number of aryl methyl sites for hydroxylation is 1. The Kier molecular flexibility index (Phi) is 5.96. The molecule has 0 bridgehead atoms. The van der Waals surface area contributed by atoms with E-state index >= 15 is 0 Å². The van der Waals surface area contributed by atoms with Crippen molar-refractivity contribution in [3.05, 3.63) is 36.4 Å². The number of amides is 1.